The number of nitrogens with zero attached hydrogens (tertiary/aromatic N) is 1. The molecule has 0 amide bonds. The normalized spacial score (nSPS) is 10.4. The van der Waals surface area contributed by atoms with Crippen LogP contribution in [0.25, 0.3) is 0 Å². The summed E-state index contributed by atoms with van der Waals surface area (Å²) in [5.41, 5.74) is -0.171. The number of pyridine rings is 1. The van der Waals surface area contributed by atoms with Crippen molar-refractivity contribution < 1.29 is 23.5 Å². The highest BCUT2D eigenvalue weighted by Gasteiger charge is 2.19. The van der Waals surface area contributed by atoms with Gasteiger partial charge in [-0.25, -0.2) is 14.6 Å². The van der Waals surface area contributed by atoms with Crippen LogP contribution >= 0.6 is 34.8 Å². The number of methoxy groups -OCH3 is 1. The van der Waals surface area contributed by atoms with Crippen LogP contribution in [0, 0.1) is 0 Å². The molecular formula is C13H8Cl3NO5. The molecule has 0 radical (unpaired) electrons. The summed E-state index contributed by atoms with van der Waals surface area (Å²) in [5.74, 6) is -1.18. The molecule has 116 valence electrons. The predicted octanol–water partition coefficient (Wildman–Crippen LogP) is 3.78. The van der Waals surface area contributed by atoms with Crippen molar-refractivity contribution in [3.63, 3.8) is 0 Å². The number of ether oxygens (including phenoxy) is 2. The molecule has 0 spiro atoms. The summed E-state index contributed by atoms with van der Waals surface area (Å²) < 4.78 is 14.6. The number of carbonyl (C=O) groups is 2. The Morgan fingerprint density at radius 3 is 2.59 bits per heavy atom. The van der Waals surface area contributed by atoms with E-state index in [9.17, 15) is 9.59 Å². The fourth-order valence-electron chi connectivity index (χ4n) is 1.46. The second-order valence-electron chi connectivity index (χ2n) is 3.92. The van der Waals surface area contributed by atoms with Crippen LogP contribution in [0.15, 0.2) is 22.7 Å². The molecule has 0 N–H and O–H groups in total. The summed E-state index contributed by atoms with van der Waals surface area (Å²) in [6, 6.07) is 2.88. The van der Waals surface area contributed by atoms with Crippen molar-refractivity contribution in [3.05, 3.63) is 50.6 Å². The van der Waals surface area contributed by atoms with E-state index in [0.29, 0.717) is 0 Å². The molecule has 2 aromatic rings. The molecule has 2 heterocycles. The maximum Gasteiger partial charge on any atom is 0.373 e. The second kappa shape index (κ2) is 7.00. The molecule has 0 aromatic carbocycles. The maximum atomic E-state index is 11.9. The van der Waals surface area contributed by atoms with Crippen molar-refractivity contribution in [3.8, 4) is 0 Å². The number of furan rings is 1. The fourth-order valence-corrected chi connectivity index (χ4v) is 2.01. The Labute approximate surface area is 139 Å². The number of hydrogen-bond donors (Lipinski definition) is 0. The highest BCUT2D eigenvalue weighted by atomic mass is 35.5. The molecule has 0 saturated heterocycles. The Morgan fingerprint density at radius 2 is 1.91 bits per heavy atom. The summed E-state index contributed by atoms with van der Waals surface area (Å²) in [6.45, 7) is -0.214. The van der Waals surface area contributed by atoms with Gasteiger partial charge < -0.3 is 13.9 Å². The van der Waals surface area contributed by atoms with Crippen molar-refractivity contribution in [1.29, 1.82) is 0 Å². The van der Waals surface area contributed by atoms with Crippen molar-refractivity contribution >= 4 is 46.7 Å². The molecule has 0 bridgehead atoms. The van der Waals surface area contributed by atoms with E-state index >= 15 is 0 Å². The molecule has 22 heavy (non-hydrogen) atoms. The molecule has 9 heteroatoms. The Bertz CT molecular complexity index is 728. The molecule has 0 aliphatic carbocycles. The van der Waals surface area contributed by atoms with Gasteiger partial charge in [0, 0.05) is 6.20 Å². The molecule has 0 unspecified atom stereocenters. The smallest absolute Gasteiger partial charge is 0.373 e. The van der Waals surface area contributed by atoms with E-state index in [-0.39, 0.29) is 38.9 Å². The van der Waals surface area contributed by atoms with Gasteiger partial charge in [0.05, 0.1) is 22.2 Å². The first kappa shape index (κ1) is 16.6. The van der Waals surface area contributed by atoms with Crippen molar-refractivity contribution in [1.82, 2.24) is 4.98 Å². The van der Waals surface area contributed by atoms with Gasteiger partial charge in [-0.2, -0.15) is 0 Å². The quantitative estimate of drug-likeness (QED) is 0.768. The van der Waals surface area contributed by atoms with Crippen LogP contribution < -0.4 is 0 Å². The highest BCUT2D eigenvalue weighted by Crippen LogP contribution is 2.31. The maximum absolute atomic E-state index is 11.9. The van der Waals surface area contributed by atoms with E-state index in [1.807, 2.05) is 0 Å². The third kappa shape index (κ3) is 3.52. The third-order valence-corrected chi connectivity index (χ3v) is 3.74. The molecule has 6 nitrogen and oxygen atoms in total. The zero-order chi connectivity index (χ0) is 16.3. The molecule has 0 aliphatic rings. The first-order valence-electron chi connectivity index (χ1n) is 5.77. The summed E-state index contributed by atoms with van der Waals surface area (Å²) >= 11 is 17.4. The number of carbonyl (C=O) groups excluding carboxylic acids is 2. The van der Waals surface area contributed by atoms with Gasteiger partial charge in [0.25, 0.3) is 0 Å². The van der Waals surface area contributed by atoms with Crippen LogP contribution in [0.1, 0.15) is 26.8 Å². The van der Waals surface area contributed by atoms with Gasteiger partial charge >= 0.3 is 11.9 Å². The molecule has 0 aliphatic heterocycles. The van der Waals surface area contributed by atoms with E-state index in [1.54, 1.807) is 0 Å². The molecule has 2 rings (SSSR count). The molecule has 0 saturated carbocycles. The SMILES string of the molecule is COC(=O)c1ccc(COC(=O)c2ncc(Cl)c(Cl)c2Cl)o1. The highest BCUT2D eigenvalue weighted by molar-refractivity contribution is 6.48. The Morgan fingerprint density at radius 1 is 1.18 bits per heavy atom. The van der Waals surface area contributed by atoms with Crippen LogP contribution in [-0.4, -0.2) is 24.0 Å². The van der Waals surface area contributed by atoms with Gasteiger partial charge in [0.15, 0.2) is 5.69 Å². The minimum Gasteiger partial charge on any atom is -0.463 e. The third-order valence-electron chi connectivity index (χ3n) is 2.50. The van der Waals surface area contributed by atoms with Gasteiger partial charge in [-0.3, -0.25) is 0 Å². The minimum atomic E-state index is -0.806. The first-order valence-corrected chi connectivity index (χ1v) is 6.91. The monoisotopic (exact) mass is 363 g/mol. The zero-order valence-corrected chi connectivity index (χ0v) is 13.3. The minimum absolute atomic E-state index is 0.000700. The second-order valence-corrected chi connectivity index (χ2v) is 5.08. The van der Waals surface area contributed by atoms with E-state index in [1.165, 1.54) is 25.4 Å². The average molecular weight is 365 g/mol. The van der Waals surface area contributed by atoms with Crippen molar-refractivity contribution in [2.24, 2.45) is 0 Å². The number of halogens is 3. The Hall–Kier alpha value is -1.76. The summed E-state index contributed by atoms with van der Waals surface area (Å²) in [5, 5.41) is 0.0297. The van der Waals surface area contributed by atoms with E-state index in [2.05, 4.69) is 9.72 Å². The molecular weight excluding hydrogens is 357 g/mol. The van der Waals surface area contributed by atoms with Gasteiger partial charge in [0.2, 0.25) is 5.76 Å². The lowest BCUT2D eigenvalue weighted by Gasteiger charge is -2.06. The van der Waals surface area contributed by atoms with Crippen molar-refractivity contribution in [2.75, 3.05) is 7.11 Å². The standard InChI is InChI=1S/C13H8Cl3NO5/c1-20-12(18)8-3-2-6(22-8)5-21-13(19)11-10(16)9(15)7(14)4-17-11/h2-4H,5H2,1H3. The topological polar surface area (TPSA) is 78.6 Å². The lowest BCUT2D eigenvalue weighted by Crippen LogP contribution is -2.08. The summed E-state index contributed by atoms with van der Waals surface area (Å²) in [4.78, 5) is 26.9. The number of hydrogen-bond acceptors (Lipinski definition) is 6. The van der Waals surface area contributed by atoms with Crippen molar-refractivity contribution in [2.45, 2.75) is 6.61 Å². The number of aromatic nitrogens is 1. The van der Waals surface area contributed by atoms with Gasteiger partial charge in [-0.05, 0) is 12.1 Å². The molecule has 0 atom stereocenters. The zero-order valence-electron chi connectivity index (χ0n) is 11.1. The van der Waals surface area contributed by atoms with E-state index in [0.717, 1.165) is 0 Å². The van der Waals surface area contributed by atoms with E-state index < -0.39 is 11.9 Å². The van der Waals surface area contributed by atoms with Crippen LogP contribution in [0.3, 0.4) is 0 Å². The summed E-state index contributed by atoms with van der Waals surface area (Å²) in [7, 11) is 1.22. The van der Waals surface area contributed by atoms with Gasteiger partial charge in [-0.15, -0.1) is 0 Å². The van der Waals surface area contributed by atoms with Gasteiger partial charge in [-0.1, -0.05) is 34.8 Å². The summed E-state index contributed by atoms with van der Waals surface area (Å²) in [6.07, 6.45) is 1.19. The van der Waals surface area contributed by atoms with Crippen LogP contribution in [0.4, 0.5) is 0 Å². The fraction of sp³-hybridized carbons (Fsp3) is 0.154. The lowest BCUT2D eigenvalue weighted by molar-refractivity contribution is 0.0432. The first-order chi connectivity index (χ1) is 10.4. The predicted molar refractivity (Wildman–Crippen MR) is 78.4 cm³/mol. The number of rotatable bonds is 4. The van der Waals surface area contributed by atoms with Crippen LogP contribution in [0.2, 0.25) is 15.1 Å². The van der Waals surface area contributed by atoms with Crippen LogP contribution in [-0.2, 0) is 16.1 Å². The van der Waals surface area contributed by atoms with Gasteiger partial charge in [0.1, 0.15) is 12.4 Å². The molecule has 2 aromatic heterocycles. The number of esters is 2. The Balaban J connectivity index is 2.06. The van der Waals surface area contributed by atoms with Crippen LogP contribution in [0.5, 0.6) is 0 Å². The molecule has 0 fully saturated rings. The Kier molecular flexibility index (Phi) is 5.28. The van der Waals surface area contributed by atoms with E-state index in [4.69, 9.17) is 44.0 Å². The lowest BCUT2D eigenvalue weighted by atomic mass is 10.3. The largest absolute Gasteiger partial charge is 0.463 e. The average Bonchev–Trinajstić information content (AvgIpc) is 2.98.